The normalized spacial score (nSPS) is 14.6. The van der Waals surface area contributed by atoms with Crippen LogP contribution in [0.25, 0.3) is 0 Å². The Balaban J connectivity index is 1.97. The van der Waals surface area contributed by atoms with Gasteiger partial charge in [-0.15, -0.1) is 0 Å². The van der Waals surface area contributed by atoms with Gasteiger partial charge in [0.25, 0.3) is 0 Å². The highest BCUT2D eigenvalue weighted by molar-refractivity contribution is 5.89. The van der Waals surface area contributed by atoms with E-state index in [0.29, 0.717) is 17.3 Å². The van der Waals surface area contributed by atoms with Crippen molar-refractivity contribution < 1.29 is 14.7 Å². The summed E-state index contributed by atoms with van der Waals surface area (Å²) in [6.45, 7) is 0. The molecule has 0 saturated heterocycles. The minimum atomic E-state index is -0.880. The highest BCUT2D eigenvalue weighted by Gasteiger charge is 2.25. The summed E-state index contributed by atoms with van der Waals surface area (Å²) in [5, 5.41) is 11.5. The Morgan fingerprint density at radius 1 is 1.42 bits per heavy atom. The lowest BCUT2D eigenvalue weighted by Crippen LogP contribution is -2.43. The Labute approximate surface area is 112 Å². The predicted molar refractivity (Wildman–Crippen MR) is 72.2 cm³/mol. The minimum absolute atomic E-state index is 0.0395. The largest absolute Gasteiger partial charge is 0.481 e. The average molecular weight is 262 g/mol. The first-order valence-electron chi connectivity index (χ1n) is 6.41. The van der Waals surface area contributed by atoms with Crippen molar-refractivity contribution in [2.24, 2.45) is 0 Å². The third-order valence-corrected chi connectivity index (χ3v) is 3.48. The van der Waals surface area contributed by atoms with Crippen LogP contribution in [0.15, 0.2) is 24.3 Å². The Morgan fingerprint density at radius 2 is 2.16 bits per heavy atom. The number of amides is 2. The van der Waals surface area contributed by atoms with E-state index in [-0.39, 0.29) is 12.5 Å². The molecule has 1 aliphatic rings. The highest BCUT2D eigenvalue weighted by Crippen LogP contribution is 2.24. The van der Waals surface area contributed by atoms with Crippen molar-refractivity contribution >= 4 is 17.7 Å². The number of nitrogens with zero attached hydrogens (tertiary/aromatic N) is 1. The van der Waals surface area contributed by atoms with Crippen LogP contribution >= 0.6 is 0 Å². The number of benzene rings is 1. The van der Waals surface area contributed by atoms with E-state index in [1.165, 1.54) is 6.42 Å². The molecule has 0 spiro atoms. The van der Waals surface area contributed by atoms with Gasteiger partial charge in [-0.1, -0.05) is 12.1 Å². The number of aliphatic carboxylic acids is 1. The van der Waals surface area contributed by atoms with Crippen LogP contribution in [0.5, 0.6) is 0 Å². The molecule has 2 rings (SSSR count). The van der Waals surface area contributed by atoms with Gasteiger partial charge in [0.1, 0.15) is 0 Å². The second-order valence-corrected chi connectivity index (χ2v) is 4.90. The highest BCUT2D eigenvalue weighted by atomic mass is 16.4. The summed E-state index contributed by atoms with van der Waals surface area (Å²) in [5.41, 5.74) is 1.31. The fourth-order valence-electron chi connectivity index (χ4n) is 2.09. The molecule has 5 nitrogen and oxygen atoms in total. The van der Waals surface area contributed by atoms with Gasteiger partial charge in [-0.3, -0.25) is 4.79 Å². The van der Waals surface area contributed by atoms with E-state index in [0.717, 1.165) is 12.8 Å². The van der Waals surface area contributed by atoms with Crippen molar-refractivity contribution in [2.75, 3.05) is 12.4 Å². The fourth-order valence-corrected chi connectivity index (χ4v) is 2.09. The summed E-state index contributed by atoms with van der Waals surface area (Å²) in [6, 6.07) is 7.13. The summed E-state index contributed by atoms with van der Waals surface area (Å²) < 4.78 is 0. The van der Waals surface area contributed by atoms with Gasteiger partial charge in [-0.05, 0) is 37.0 Å². The summed E-state index contributed by atoms with van der Waals surface area (Å²) >= 11 is 0. The molecule has 0 unspecified atom stereocenters. The molecule has 0 atom stereocenters. The van der Waals surface area contributed by atoms with Crippen LogP contribution in [0.2, 0.25) is 0 Å². The van der Waals surface area contributed by atoms with Gasteiger partial charge in [-0.2, -0.15) is 0 Å². The second-order valence-electron chi connectivity index (χ2n) is 4.90. The molecule has 1 saturated carbocycles. The van der Waals surface area contributed by atoms with E-state index < -0.39 is 5.97 Å². The first kappa shape index (κ1) is 13.4. The maximum Gasteiger partial charge on any atom is 0.321 e. The molecule has 1 aromatic rings. The van der Waals surface area contributed by atoms with Crippen molar-refractivity contribution in [1.29, 1.82) is 0 Å². The Morgan fingerprint density at radius 3 is 2.74 bits per heavy atom. The van der Waals surface area contributed by atoms with E-state index >= 15 is 0 Å². The zero-order valence-electron chi connectivity index (χ0n) is 10.9. The van der Waals surface area contributed by atoms with Crippen LogP contribution in [-0.2, 0) is 11.2 Å². The van der Waals surface area contributed by atoms with Crippen molar-refractivity contribution in [3.8, 4) is 0 Å². The maximum atomic E-state index is 12.0. The van der Waals surface area contributed by atoms with Crippen molar-refractivity contribution in [3.63, 3.8) is 0 Å². The molecule has 2 N–H and O–H groups in total. The molecular formula is C14H18N2O3. The van der Waals surface area contributed by atoms with Crippen LogP contribution < -0.4 is 5.32 Å². The molecule has 19 heavy (non-hydrogen) atoms. The summed E-state index contributed by atoms with van der Waals surface area (Å²) in [5.74, 6) is -0.880. The third kappa shape index (κ3) is 3.47. The zero-order chi connectivity index (χ0) is 13.8. The van der Waals surface area contributed by atoms with Crippen molar-refractivity contribution in [1.82, 2.24) is 4.90 Å². The Bertz CT molecular complexity index is 483. The minimum Gasteiger partial charge on any atom is -0.481 e. The zero-order valence-corrected chi connectivity index (χ0v) is 10.9. The van der Waals surface area contributed by atoms with Gasteiger partial charge in [0.05, 0.1) is 6.42 Å². The van der Waals surface area contributed by atoms with Crippen LogP contribution in [-0.4, -0.2) is 35.1 Å². The maximum absolute atomic E-state index is 12.0. The molecule has 1 fully saturated rings. The van der Waals surface area contributed by atoms with Gasteiger partial charge < -0.3 is 15.3 Å². The predicted octanol–water partition coefficient (Wildman–Crippen LogP) is 2.33. The number of carbonyl (C=O) groups is 2. The van der Waals surface area contributed by atoms with Crippen molar-refractivity contribution in [2.45, 2.75) is 31.7 Å². The summed E-state index contributed by atoms with van der Waals surface area (Å²) in [4.78, 5) is 24.3. The standard InChI is InChI=1S/C14H18N2O3/c1-16(12-6-3-7-12)14(19)15-11-5-2-4-10(8-11)9-13(17)18/h2,4-5,8,12H,3,6-7,9H2,1H3,(H,15,19)(H,17,18). The van der Waals surface area contributed by atoms with E-state index in [1.54, 1.807) is 36.2 Å². The van der Waals surface area contributed by atoms with Gasteiger partial charge in [0, 0.05) is 18.8 Å². The average Bonchev–Trinajstić information content (AvgIpc) is 2.26. The van der Waals surface area contributed by atoms with E-state index in [2.05, 4.69) is 5.32 Å². The van der Waals surface area contributed by atoms with Crippen LogP contribution in [0.3, 0.4) is 0 Å². The number of hydrogen-bond acceptors (Lipinski definition) is 2. The van der Waals surface area contributed by atoms with E-state index in [1.807, 2.05) is 0 Å². The van der Waals surface area contributed by atoms with Crippen LogP contribution in [0.4, 0.5) is 10.5 Å². The number of carboxylic acids is 1. The molecule has 0 aromatic heterocycles. The number of carboxylic acid groups (broad SMARTS) is 1. The SMILES string of the molecule is CN(C(=O)Nc1cccc(CC(=O)O)c1)C1CCC1. The Kier molecular flexibility index (Phi) is 4.04. The number of urea groups is 1. The molecule has 1 aromatic carbocycles. The van der Waals surface area contributed by atoms with E-state index in [4.69, 9.17) is 5.11 Å². The number of carbonyl (C=O) groups excluding carboxylic acids is 1. The topological polar surface area (TPSA) is 69.6 Å². The lowest BCUT2D eigenvalue weighted by Gasteiger charge is -2.34. The Hall–Kier alpha value is -2.04. The number of nitrogens with one attached hydrogen (secondary N) is 1. The van der Waals surface area contributed by atoms with Crippen molar-refractivity contribution in [3.05, 3.63) is 29.8 Å². The molecule has 0 aliphatic heterocycles. The molecule has 102 valence electrons. The number of hydrogen-bond donors (Lipinski definition) is 2. The van der Waals surface area contributed by atoms with Gasteiger partial charge in [0.2, 0.25) is 0 Å². The molecule has 5 heteroatoms. The lowest BCUT2D eigenvalue weighted by atomic mass is 9.92. The van der Waals surface area contributed by atoms with Gasteiger partial charge in [0.15, 0.2) is 0 Å². The monoisotopic (exact) mass is 262 g/mol. The fraction of sp³-hybridized carbons (Fsp3) is 0.429. The molecular weight excluding hydrogens is 244 g/mol. The molecule has 0 bridgehead atoms. The molecule has 2 amide bonds. The summed E-state index contributed by atoms with van der Waals surface area (Å²) in [6.07, 6.45) is 3.25. The third-order valence-electron chi connectivity index (χ3n) is 3.48. The first-order valence-corrected chi connectivity index (χ1v) is 6.41. The first-order chi connectivity index (χ1) is 9.06. The van der Waals surface area contributed by atoms with E-state index in [9.17, 15) is 9.59 Å². The van der Waals surface area contributed by atoms with Gasteiger partial charge in [-0.25, -0.2) is 4.79 Å². The molecule has 1 aliphatic carbocycles. The van der Waals surface area contributed by atoms with Gasteiger partial charge >= 0.3 is 12.0 Å². The quantitative estimate of drug-likeness (QED) is 0.875. The second kappa shape index (κ2) is 5.73. The number of anilines is 1. The summed E-state index contributed by atoms with van der Waals surface area (Å²) in [7, 11) is 1.79. The lowest BCUT2D eigenvalue weighted by molar-refractivity contribution is -0.136. The molecule has 0 radical (unpaired) electrons. The smallest absolute Gasteiger partial charge is 0.321 e. The van der Waals surface area contributed by atoms with Crippen LogP contribution in [0, 0.1) is 0 Å². The molecule has 0 heterocycles. The van der Waals surface area contributed by atoms with Crippen LogP contribution in [0.1, 0.15) is 24.8 Å². The number of rotatable bonds is 4.